The van der Waals surface area contributed by atoms with Crippen molar-refractivity contribution in [3.63, 3.8) is 0 Å². The van der Waals surface area contributed by atoms with Crippen molar-refractivity contribution in [2.45, 2.75) is 38.6 Å². The van der Waals surface area contributed by atoms with Gasteiger partial charge in [0.15, 0.2) is 0 Å². The van der Waals surface area contributed by atoms with Crippen molar-refractivity contribution in [2.24, 2.45) is 0 Å². The Morgan fingerprint density at radius 3 is 2.84 bits per heavy atom. The molecule has 1 atom stereocenters. The molecule has 0 aromatic rings. The molecule has 112 valence electrons. The van der Waals surface area contributed by atoms with Crippen LogP contribution >= 0.6 is 0 Å². The molecule has 1 amide bonds. The fourth-order valence-corrected chi connectivity index (χ4v) is 2.67. The first-order chi connectivity index (χ1) is 9.22. The highest BCUT2D eigenvalue weighted by molar-refractivity contribution is 5.78. The average molecular weight is 272 g/mol. The quantitative estimate of drug-likeness (QED) is 0.707. The van der Waals surface area contributed by atoms with E-state index in [0.717, 1.165) is 25.8 Å². The van der Waals surface area contributed by atoms with E-state index in [2.05, 4.69) is 6.92 Å². The molecule has 1 rings (SSSR count). The predicted octanol–water partition coefficient (Wildman–Crippen LogP) is 0.718. The van der Waals surface area contributed by atoms with Gasteiger partial charge in [0, 0.05) is 32.8 Å². The van der Waals surface area contributed by atoms with Crippen LogP contribution in [0.2, 0.25) is 0 Å². The Morgan fingerprint density at radius 2 is 2.21 bits per heavy atom. The van der Waals surface area contributed by atoms with E-state index >= 15 is 0 Å². The Balaban J connectivity index is 2.48. The van der Waals surface area contributed by atoms with Crippen LogP contribution < -0.4 is 0 Å². The van der Waals surface area contributed by atoms with Gasteiger partial charge in [-0.25, -0.2) is 0 Å². The highest BCUT2D eigenvalue weighted by atomic mass is 16.5. The van der Waals surface area contributed by atoms with Crippen LogP contribution in [0, 0.1) is 0 Å². The van der Waals surface area contributed by atoms with Crippen molar-refractivity contribution >= 4 is 5.91 Å². The van der Waals surface area contributed by atoms with Crippen LogP contribution in [0.15, 0.2) is 0 Å². The summed E-state index contributed by atoms with van der Waals surface area (Å²) in [5.41, 5.74) is 0. The first kappa shape index (κ1) is 16.4. The molecule has 1 aliphatic rings. The number of aliphatic hydroxyl groups is 1. The van der Waals surface area contributed by atoms with Crippen molar-refractivity contribution in [2.75, 3.05) is 46.5 Å². The van der Waals surface area contributed by atoms with Gasteiger partial charge in [-0.15, -0.1) is 0 Å². The minimum Gasteiger partial charge on any atom is -0.395 e. The maximum Gasteiger partial charge on any atom is 0.236 e. The van der Waals surface area contributed by atoms with Gasteiger partial charge in [0.05, 0.1) is 19.8 Å². The molecule has 0 aliphatic carbocycles. The summed E-state index contributed by atoms with van der Waals surface area (Å²) in [6, 6.07) is 0.402. The van der Waals surface area contributed by atoms with Gasteiger partial charge in [0.25, 0.3) is 0 Å². The standard InChI is InChI=1S/C14H28N2O3/c1-3-13-6-4-5-7-16(13)14(18)12-15(8-10-17)9-11-19-2/h13,17H,3-12H2,1-2H3. The van der Waals surface area contributed by atoms with Crippen LogP contribution in [0.25, 0.3) is 0 Å². The Hall–Kier alpha value is -0.650. The summed E-state index contributed by atoms with van der Waals surface area (Å²) in [6.45, 7) is 5.30. The van der Waals surface area contributed by atoms with Gasteiger partial charge in [0.1, 0.15) is 0 Å². The topological polar surface area (TPSA) is 53.0 Å². The maximum atomic E-state index is 12.4. The number of ether oxygens (including phenoxy) is 1. The van der Waals surface area contributed by atoms with Gasteiger partial charge in [0.2, 0.25) is 5.91 Å². The molecule has 0 aromatic carbocycles. The van der Waals surface area contributed by atoms with Crippen LogP contribution in [-0.2, 0) is 9.53 Å². The molecule has 0 bridgehead atoms. The number of hydrogen-bond donors (Lipinski definition) is 1. The van der Waals surface area contributed by atoms with Crippen molar-refractivity contribution in [1.29, 1.82) is 0 Å². The lowest BCUT2D eigenvalue weighted by atomic mass is 10.00. The van der Waals surface area contributed by atoms with Gasteiger partial charge >= 0.3 is 0 Å². The number of nitrogens with zero attached hydrogens (tertiary/aromatic N) is 2. The number of carbonyl (C=O) groups is 1. The number of rotatable bonds is 8. The number of aliphatic hydroxyl groups excluding tert-OH is 1. The van der Waals surface area contributed by atoms with Gasteiger partial charge in [-0.05, 0) is 25.7 Å². The zero-order chi connectivity index (χ0) is 14.1. The molecule has 0 spiro atoms. The SMILES string of the molecule is CCC1CCCCN1C(=O)CN(CCO)CCOC. The second kappa shape index (κ2) is 9.28. The highest BCUT2D eigenvalue weighted by Gasteiger charge is 2.26. The van der Waals surface area contributed by atoms with Gasteiger partial charge in [-0.2, -0.15) is 0 Å². The Morgan fingerprint density at radius 1 is 1.42 bits per heavy atom. The molecule has 5 heteroatoms. The van der Waals surface area contributed by atoms with Crippen LogP contribution in [0.5, 0.6) is 0 Å². The molecular weight excluding hydrogens is 244 g/mol. The Labute approximate surface area is 116 Å². The molecule has 1 aliphatic heterocycles. The highest BCUT2D eigenvalue weighted by Crippen LogP contribution is 2.19. The molecule has 1 saturated heterocycles. The summed E-state index contributed by atoms with van der Waals surface area (Å²) in [5.74, 6) is 0.191. The van der Waals surface area contributed by atoms with Crippen molar-refractivity contribution in [1.82, 2.24) is 9.80 Å². The van der Waals surface area contributed by atoms with E-state index in [1.165, 1.54) is 6.42 Å². The first-order valence-corrected chi connectivity index (χ1v) is 7.34. The molecule has 0 aromatic heterocycles. The zero-order valence-corrected chi connectivity index (χ0v) is 12.3. The maximum absolute atomic E-state index is 12.4. The van der Waals surface area contributed by atoms with E-state index in [-0.39, 0.29) is 12.5 Å². The van der Waals surface area contributed by atoms with Crippen LogP contribution in [0.3, 0.4) is 0 Å². The van der Waals surface area contributed by atoms with Crippen LogP contribution in [-0.4, -0.2) is 73.4 Å². The molecule has 19 heavy (non-hydrogen) atoms. The second-order valence-corrected chi connectivity index (χ2v) is 5.14. The van der Waals surface area contributed by atoms with E-state index in [1.807, 2.05) is 9.80 Å². The molecule has 5 nitrogen and oxygen atoms in total. The summed E-state index contributed by atoms with van der Waals surface area (Å²) < 4.78 is 5.04. The third-order valence-electron chi connectivity index (χ3n) is 3.81. The molecule has 0 saturated carbocycles. The number of carbonyl (C=O) groups excluding carboxylic acids is 1. The van der Waals surface area contributed by atoms with E-state index in [4.69, 9.17) is 9.84 Å². The largest absolute Gasteiger partial charge is 0.395 e. The second-order valence-electron chi connectivity index (χ2n) is 5.14. The average Bonchev–Trinajstić information content (AvgIpc) is 2.44. The lowest BCUT2D eigenvalue weighted by molar-refractivity contribution is -0.136. The Kier molecular flexibility index (Phi) is 8.02. The fourth-order valence-electron chi connectivity index (χ4n) is 2.67. The number of piperidine rings is 1. The monoisotopic (exact) mass is 272 g/mol. The number of methoxy groups -OCH3 is 1. The summed E-state index contributed by atoms with van der Waals surface area (Å²) in [6.07, 6.45) is 4.50. The molecule has 1 fully saturated rings. The normalized spacial score (nSPS) is 20.0. The number of hydrogen-bond acceptors (Lipinski definition) is 4. The summed E-state index contributed by atoms with van der Waals surface area (Å²) in [4.78, 5) is 16.4. The molecular formula is C14H28N2O3. The third-order valence-corrected chi connectivity index (χ3v) is 3.81. The fraction of sp³-hybridized carbons (Fsp3) is 0.929. The van der Waals surface area contributed by atoms with E-state index in [1.54, 1.807) is 7.11 Å². The van der Waals surface area contributed by atoms with Crippen molar-refractivity contribution in [3.05, 3.63) is 0 Å². The Bertz CT molecular complexity index is 261. The predicted molar refractivity (Wildman–Crippen MR) is 75.0 cm³/mol. The van der Waals surface area contributed by atoms with Gasteiger partial charge in [-0.1, -0.05) is 6.92 Å². The van der Waals surface area contributed by atoms with Gasteiger partial charge < -0.3 is 14.7 Å². The summed E-state index contributed by atoms with van der Waals surface area (Å²) in [5, 5.41) is 9.05. The summed E-state index contributed by atoms with van der Waals surface area (Å²) in [7, 11) is 1.65. The molecule has 1 heterocycles. The number of likely N-dealkylation sites (tertiary alicyclic amines) is 1. The molecule has 1 N–H and O–H groups in total. The minimum absolute atomic E-state index is 0.0776. The summed E-state index contributed by atoms with van der Waals surface area (Å²) >= 11 is 0. The first-order valence-electron chi connectivity index (χ1n) is 7.34. The zero-order valence-electron chi connectivity index (χ0n) is 12.3. The smallest absolute Gasteiger partial charge is 0.236 e. The lowest BCUT2D eigenvalue weighted by Crippen LogP contribution is -2.48. The van der Waals surface area contributed by atoms with Crippen LogP contribution in [0.1, 0.15) is 32.6 Å². The number of amides is 1. The van der Waals surface area contributed by atoms with Crippen molar-refractivity contribution < 1.29 is 14.6 Å². The lowest BCUT2D eigenvalue weighted by Gasteiger charge is -2.36. The van der Waals surface area contributed by atoms with E-state index in [9.17, 15) is 4.79 Å². The molecule has 1 unspecified atom stereocenters. The minimum atomic E-state index is 0.0776. The van der Waals surface area contributed by atoms with Gasteiger partial charge in [-0.3, -0.25) is 9.69 Å². The third kappa shape index (κ3) is 5.47. The van der Waals surface area contributed by atoms with E-state index in [0.29, 0.717) is 32.3 Å². The van der Waals surface area contributed by atoms with Crippen molar-refractivity contribution in [3.8, 4) is 0 Å². The molecule has 0 radical (unpaired) electrons. The van der Waals surface area contributed by atoms with E-state index < -0.39 is 0 Å². The van der Waals surface area contributed by atoms with Crippen LogP contribution in [0.4, 0.5) is 0 Å².